The number of hydrogen-bond donors (Lipinski definition) is 1. The molecule has 0 saturated heterocycles. The van der Waals surface area contributed by atoms with E-state index in [0.717, 1.165) is 19.3 Å². The number of carbonyl (C=O) groups excluding carboxylic acids is 2. The quantitative estimate of drug-likeness (QED) is 0.470. The summed E-state index contributed by atoms with van der Waals surface area (Å²) in [6, 6.07) is 0. The van der Waals surface area contributed by atoms with Crippen molar-refractivity contribution in [3.63, 3.8) is 0 Å². The molecule has 0 aliphatic carbocycles. The lowest BCUT2D eigenvalue weighted by molar-refractivity contribution is -0.152. The Hall–Kier alpha value is -1.10. The van der Waals surface area contributed by atoms with Gasteiger partial charge in [-0.2, -0.15) is 0 Å². The van der Waals surface area contributed by atoms with Crippen molar-refractivity contribution in [1.29, 1.82) is 0 Å². The summed E-state index contributed by atoms with van der Waals surface area (Å²) < 4.78 is 5.17. The van der Waals surface area contributed by atoms with Crippen molar-refractivity contribution in [2.45, 2.75) is 78.9 Å². The van der Waals surface area contributed by atoms with Gasteiger partial charge in [0.25, 0.3) is 0 Å². The normalized spacial score (nSPS) is 13.8. The molecule has 0 rings (SSSR count). The van der Waals surface area contributed by atoms with Crippen LogP contribution >= 0.6 is 0 Å². The lowest BCUT2D eigenvalue weighted by Crippen LogP contribution is -2.41. The number of aliphatic hydroxyl groups is 1. The fourth-order valence-electron chi connectivity index (χ4n) is 2.42. The molecule has 0 spiro atoms. The van der Waals surface area contributed by atoms with Crippen molar-refractivity contribution in [3.8, 4) is 0 Å². The second-order valence-electron chi connectivity index (χ2n) is 6.16. The van der Waals surface area contributed by atoms with Gasteiger partial charge in [0.1, 0.15) is 0 Å². The minimum absolute atomic E-state index is 0.0554. The van der Waals surface area contributed by atoms with Crippen molar-refractivity contribution >= 4 is 11.9 Å². The number of ether oxygens (including phenoxy) is 1. The van der Waals surface area contributed by atoms with Gasteiger partial charge in [-0.05, 0) is 34.1 Å². The highest BCUT2D eigenvalue weighted by Crippen LogP contribution is 2.18. The molecule has 1 N–H and O–H groups in total. The Labute approximate surface area is 135 Å². The molecule has 5 nitrogen and oxygen atoms in total. The number of carbonyl (C=O) groups is 2. The van der Waals surface area contributed by atoms with Crippen molar-refractivity contribution in [1.82, 2.24) is 4.90 Å². The highest BCUT2D eigenvalue weighted by atomic mass is 16.5. The molecular weight excluding hydrogens is 282 g/mol. The van der Waals surface area contributed by atoms with Crippen LogP contribution in [0.3, 0.4) is 0 Å². The predicted octanol–water partition coefficient (Wildman–Crippen LogP) is 2.75. The van der Waals surface area contributed by atoms with Crippen molar-refractivity contribution < 1.29 is 19.4 Å². The van der Waals surface area contributed by atoms with Crippen LogP contribution in [0, 0.1) is 5.92 Å². The summed E-state index contributed by atoms with van der Waals surface area (Å²) >= 11 is 0. The second-order valence-corrected chi connectivity index (χ2v) is 6.16. The zero-order valence-corrected chi connectivity index (χ0v) is 14.8. The topological polar surface area (TPSA) is 66.8 Å². The SMILES string of the molecule is CCCCCC(CC(=O)OC(C)C)C(=O)N(CC)CC(C)O. The Morgan fingerprint density at radius 3 is 2.23 bits per heavy atom. The minimum Gasteiger partial charge on any atom is -0.463 e. The number of esters is 1. The largest absolute Gasteiger partial charge is 0.463 e. The summed E-state index contributed by atoms with van der Waals surface area (Å²) in [6.07, 6.45) is 3.12. The molecule has 0 aromatic rings. The molecule has 22 heavy (non-hydrogen) atoms. The summed E-state index contributed by atoms with van der Waals surface area (Å²) in [6.45, 7) is 10.1. The molecule has 2 unspecified atom stereocenters. The fraction of sp³-hybridized carbons (Fsp3) is 0.882. The van der Waals surface area contributed by atoms with Crippen LogP contribution in [0.1, 0.15) is 66.7 Å². The van der Waals surface area contributed by atoms with Crippen LogP contribution in [-0.4, -0.2) is 47.2 Å². The van der Waals surface area contributed by atoms with Gasteiger partial charge in [-0.1, -0.05) is 26.2 Å². The van der Waals surface area contributed by atoms with Gasteiger partial charge in [0.15, 0.2) is 0 Å². The summed E-state index contributed by atoms with van der Waals surface area (Å²) in [5.74, 6) is -0.727. The zero-order chi connectivity index (χ0) is 17.1. The molecule has 0 saturated carbocycles. The second kappa shape index (κ2) is 11.5. The van der Waals surface area contributed by atoms with Crippen LogP contribution in [0.4, 0.5) is 0 Å². The third kappa shape index (κ3) is 9.03. The van der Waals surface area contributed by atoms with Crippen LogP contribution in [0.15, 0.2) is 0 Å². The smallest absolute Gasteiger partial charge is 0.306 e. The maximum Gasteiger partial charge on any atom is 0.306 e. The summed E-state index contributed by atoms with van der Waals surface area (Å²) in [5, 5.41) is 9.51. The van der Waals surface area contributed by atoms with E-state index >= 15 is 0 Å². The highest BCUT2D eigenvalue weighted by Gasteiger charge is 2.27. The standard InChI is InChI=1S/C17H33NO4/c1-6-8-9-10-15(11-16(20)22-13(3)4)17(21)18(7-2)12-14(5)19/h13-15,19H,6-12H2,1-5H3. The number of aliphatic hydroxyl groups excluding tert-OH is 1. The van der Waals surface area contributed by atoms with E-state index in [1.165, 1.54) is 0 Å². The van der Waals surface area contributed by atoms with Crippen LogP contribution in [0.5, 0.6) is 0 Å². The molecule has 0 fully saturated rings. The van der Waals surface area contributed by atoms with E-state index in [1.54, 1.807) is 25.7 Å². The van der Waals surface area contributed by atoms with Gasteiger partial charge >= 0.3 is 5.97 Å². The van der Waals surface area contributed by atoms with E-state index in [0.29, 0.717) is 19.5 Å². The van der Waals surface area contributed by atoms with Crippen molar-refractivity contribution in [3.05, 3.63) is 0 Å². The monoisotopic (exact) mass is 315 g/mol. The van der Waals surface area contributed by atoms with Crippen LogP contribution in [0.2, 0.25) is 0 Å². The molecule has 0 aliphatic heterocycles. The van der Waals surface area contributed by atoms with Gasteiger partial charge in [-0.25, -0.2) is 0 Å². The first-order valence-electron chi connectivity index (χ1n) is 8.48. The summed E-state index contributed by atoms with van der Waals surface area (Å²) in [4.78, 5) is 26.2. The van der Waals surface area contributed by atoms with E-state index < -0.39 is 6.10 Å². The van der Waals surface area contributed by atoms with E-state index in [2.05, 4.69) is 6.92 Å². The van der Waals surface area contributed by atoms with Gasteiger partial charge in [0, 0.05) is 19.0 Å². The Bertz CT molecular complexity index is 329. The zero-order valence-electron chi connectivity index (χ0n) is 14.8. The Morgan fingerprint density at radius 1 is 1.14 bits per heavy atom. The molecule has 0 aromatic heterocycles. The first-order chi connectivity index (χ1) is 10.3. The Kier molecular flexibility index (Phi) is 10.9. The molecule has 130 valence electrons. The van der Waals surface area contributed by atoms with E-state index in [9.17, 15) is 14.7 Å². The average molecular weight is 315 g/mol. The lowest BCUT2D eigenvalue weighted by Gasteiger charge is -2.27. The number of likely N-dealkylation sites (N-methyl/N-ethyl adjacent to an activating group) is 1. The maximum atomic E-state index is 12.6. The molecule has 0 bridgehead atoms. The lowest BCUT2D eigenvalue weighted by atomic mass is 9.96. The number of hydrogen-bond acceptors (Lipinski definition) is 4. The Morgan fingerprint density at radius 2 is 1.77 bits per heavy atom. The van der Waals surface area contributed by atoms with Gasteiger partial charge < -0.3 is 14.7 Å². The molecular formula is C17H33NO4. The maximum absolute atomic E-state index is 12.6. The molecule has 5 heteroatoms. The third-order valence-corrected chi connectivity index (χ3v) is 3.46. The fourth-order valence-corrected chi connectivity index (χ4v) is 2.42. The number of amides is 1. The first-order valence-corrected chi connectivity index (χ1v) is 8.48. The van der Waals surface area contributed by atoms with Gasteiger partial charge in [0.05, 0.1) is 18.6 Å². The molecule has 2 atom stereocenters. The molecule has 1 amide bonds. The summed E-state index contributed by atoms with van der Waals surface area (Å²) in [7, 11) is 0. The molecule has 0 radical (unpaired) electrons. The van der Waals surface area contributed by atoms with Gasteiger partial charge in [0.2, 0.25) is 5.91 Å². The van der Waals surface area contributed by atoms with E-state index in [-0.39, 0.29) is 30.3 Å². The van der Waals surface area contributed by atoms with Crippen molar-refractivity contribution in [2.24, 2.45) is 5.92 Å². The highest BCUT2D eigenvalue weighted by molar-refractivity contribution is 5.83. The number of rotatable bonds is 11. The van der Waals surface area contributed by atoms with Gasteiger partial charge in [-0.3, -0.25) is 9.59 Å². The van der Waals surface area contributed by atoms with Crippen LogP contribution in [0.25, 0.3) is 0 Å². The van der Waals surface area contributed by atoms with Crippen LogP contribution in [-0.2, 0) is 14.3 Å². The average Bonchev–Trinajstić information content (AvgIpc) is 2.42. The van der Waals surface area contributed by atoms with Crippen molar-refractivity contribution in [2.75, 3.05) is 13.1 Å². The first kappa shape index (κ1) is 20.9. The third-order valence-electron chi connectivity index (χ3n) is 3.46. The minimum atomic E-state index is -0.567. The molecule has 0 aromatic carbocycles. The Balaban J connectivity index is 4.79. The van der Waals surface area contributed by atoms with Crippen LogP contribution < -0.4 is 0 Å². The molecule has 0 heterocycles. The number of nitrogens with zero attached hydrogens (tertiary/aromatic N) is 1. The summed E-state index contributed by atoms with van der Waals surface area (Å²) in [5.41, 5.74) is 0. The predicted molar refractivity (Wildman–Crippen MR) is 87.4 cm³/mol. The molecule has 0 aliphatic rings. The van der Waals surface area contributed by atoms with Gasteiger partial charge in [-0.15, -0.1) is 0 Å². The van der Waals surface area contributed by atoms with E-state index in [4.69, 9.17) is 4.74 Å². The van der Waals surface area contributed by atoms with E-state index in [1.807, 2.05) is 6.92 Å². The number of unbranched alkanes of at least 4 members (excludes halogenated alkanes) is 2.